The third-order valence-electron chi connectivity index (χ3n) is 4.20. The first kappa shape index (κ1) is 14.3. The molecule has 6 nitrogen and oxygen atoms in total. The number of fused-ring (bicyclic) bond motifs is 1. The van der Waals surface area contributed by atoms with E-state index in [2.05, 4.69) is 4.98 Å². The summed E-state index contributed by atoms with van der Waals surface area (Å²) in [6.07, 6.45) is 2.56. The Balaban J connectivity index is 1.86. The fraction of sp³-hybridized carbons (Fsp3) is 0.312. The number of para-hydroxylation sites is 1. The van der Waals surface area contributed by atoms with Gasteiger partial charge in [-0.15, -0.1) is 0 Å². The summed E-state index contributed by atoms with van der Waals surface area (Å²) >= 11 is 0. The zero-order chi connectivity index (χ0) is 15.7. The van der Waals surface area contributed by atoms with Crippen molar-refractivity contribution in [1.29, 1.82) is 0 Å². The van der Waals surface area contributed by atoms with E-state index in [0.717, 1.165) is 0 Å². The van der Waals surface area contributed by atoms with Crippen LogP contribution in [0.4, 0.5) is 0 Å². The molecule has 0 radical (unpaired) electrons. The summed E-state index contributed by atoms with van der Waals surface area (Å²) in [5.74, 6) is -0.801. The van der Waals surface area contributed by atoms with Crippen molar-refractivity contribution in [2.45, 2.75) is 12.8 Å². The predicted molar refractivity (Wildman–Crippen MR) is 82.4 cm³/mol. The number of carbonyl (C=O) groups is 2. The largest absolute Gasteiger partial charge is 0.369 e. The Bertz CT molecular complexity index is 789. The summed E-state index contributed by atoms with van der Waals surface area (Å²) in [4.78, 5) is 40.7. The van der Waals surface area contributed by atoms with Crippen molar-refractivity contribution in [2.24, 2.45) is 11.7 Å². The van der Waals surface area contributed by atoms with Crippen LogP contribution in [0.2, 0.25) is 0 Å². The van der Waals surface area contributed by atoms with Crippen molar-refractivity contribution in [3.05, 3.63) is 46.2 Å². The van der Waals surface area contributed by atoms with Gasteiger partial charge in [-0.2, -0.15) is 0 Å². The molecular weight excluding hydrogens is 282 g/mol. The van der Waals surface area contributed by atoms with Crippen LogP contribution >= 0.6 is 0 Å². The first-order valence-electron chi connectivity index (χ1n) is 7.27. The van der Waals surface area contributed by atoms with Gasteiger partial charge in [-0.05, 0) is 25.0 Å². The topological polar surface area (TPSA) is 96.3 Å². The lowest BCUT2D eigenvalue weighted by Crippen LogP contribution is -2.43. The molecular formula is C16H17N3O3. The molecule has 0 spiro atoms. The number of amides is 2. The molecule has 0 saturated carbocycles. The molecule has 1 aliphatic heterocycles. The molecule has 114 valence electrons. The lowest BCUT2D eigenvalue weighted by molar-refractivity contribution is -0.123. The van der Waals surface area contributed by atoms with E-state index < -0.39 is 0 Å². The number of nitrogens with two attached hydrogens (primary N) is 1. The Morgan fingerprint density at radius 2 is 1.86 bits per heavy atom. The highest BCUT2D eigenvalue weighted by molar-refractivity contribution is 5.97. The van der Waals surface area contributed by atoms with Crippen LogP contribution in [-0.2, 0) is 4.79 Å². The standard InChI is InChI=1S/C16H17N3O3/c17-15(21)10-5-7-19(8-6-10)16(22)12-9-18-13-4-2-1-3-11(13)14(12)20/h1-4,9-10H,5-8H2,(H2,17,21)(H,18,20). The molecule has 22 heavy (non-hydrogen) atoms. The van der Waals surface area contributed by atoms with Crippen LogP contribution < -0.4 is 11.2 Å². The van der Waals surface area contributed by atoms with E-state index in [1.165, 1.54) is 6.20 Å². The number of likely N-dealkylation sites (tertiary alicyclic amines) is 1. The number of primary amides is 1. The van der Waals surface area contributed by atoms with Crippen molar-refractivity contribution < 1.29 is 9.59 Å². The van der Waals surface area contributed by atoms with Crippen LogP contribution in [0.3, 0.4) is 0 Å². The third-order valence-corrected chi connectivity index (χ3v) is 4.20. The highest BCUT2D eigenvalue weighted by Gasteiger charge is 2.27. The molecule has 1 aromatic heterocycles. The predicted octanol–water partition coefficient (Wildman–Crippen LogP) is 0.866. The van der Waals surface area contributed by atoms with Gasteiger partial charge >= 0.3 is 0 Å². The van der Waals surface area contributed by atoms with E-state index in [4.69, 9.17) is 5.73 Å². The number of piperidine rings is 1. The number of benzene rings is 1. The molecule has 1 fully saturated rings. The van der Waals surface area contributed by atoms with Crippen molar-refractivity contribution in [1.82, 2.24) is 9.88 Å². The minimum Gasteiger partial charge on any atom is -0.369 e. The van der Waals surface area contributed by atoms with E-state index in [9.17, 15) is 14.4 Å². The number of rotatable bonds is 2. The van der Waals surface area contributed by atoms with Gasteiger partial charge in [0, 0.05) is 36.1 Å². The average Bonchev–Trinajstić information content (AvgIpc) is 2.55. The monoisotopic (exact) mass is 299 g/mol. The molecule has 0 bridgehead atoms. The van der Waals surface area contributed by atoms with Crippen LogP contribution in [0.5, 0.6) is 0 Å². The summed E-state index contributed by atoms with van der Waals surface area (Å²) in [5.41, 5.74) is 5.86. The lowest BCUT2D eigenvalue weighted by atomic mass is 9.96. The second-order valence-corrected chi connectivity index (χ2v) is 5.55. The quantitative estimate of drug-likeness (QED) is 0.861. The molecule has 1 aliphatic rings. The SMILES string of the molecule is NC(=O)C1CCN(C(=O)c2c[nH]c3ccccc3c2=O)CC1. The zero-order valence-corrected chi connectivity index (χ0v) is 12.0. The lowest BCUT2D eigenvalue weighted by Gasteiger charge is -2.30. The number of nitrogens with zero attached hydrogens (tertiary/aromatic N) is 1. The molecule has 1 saturated heterocycles. The highest BCUT2D eigenvalue weighted by atomic mass is 16.2. The summed E-state index contributed by atoms with van der Waals surface area (Å²) in [5, 5.41) is 0.500. The number of nitrogens with one attached hydrogen (secondary N) is 1. The Hall–Kier alpha value is -2.63. The van der Waals surface area contributed by atoms with Gasteiger partial charge in [0.25, 0.3) is 5.91 Å². The molecule has 2 aromatic rings. The van der Waals surface area contributed by atoms with Crippen molar-refractivity contribution in [3.63, 3.8) is 0 Å². The van der Waals surface area contributed by atoms with Crippen LogP contribution in [0, 0.1) is 5.92 Å². The normalized spacial score (nSPS) is 15.9. The molecule has 6 heteroatoms. The summed E-state index contributed by atoms with van der Waals surface area (Å²) < 4.78 is 0. The maximum Gasteiger partial charge on any atom is 0.259 e. The second-order valence-electron chi connectivity index (χ2n) is 5.55. The fourth-order valence-electron chi connectivity index (χ4n) is 2.86. The van der Waals surface area contributed by atoms with Crippen LogP contribution in [-0.4, -0.2) is 34.8 Å². The fourth-order valence-corrected chi connectivity index (χ4v) is 2.86. The average molecular weight is 299 g/mol. The molecule has 2 heterocycles. The Morgan fingerprint density at radius 1 is 1.18 bits per heavy atom. The first-order valence-corrected chi connectivity index (χ1v) is 7.27. The number of aromatic amines is 1. The number of hydrogen-bond acceptors (Lipinski definition) is 3. The molecule has 3 N–H and O–H groups in total. The zero-order valence-electron chi connectivity index (χ0n) is 12.0. The van der Waals surface area contributed by atoms with Gasteiger partial charge in [0.05, 0.1) is 0 Å². The third kappa shape index (κ3) is 2.47. The number of carbonyl (C=O) groups excluding carboxylic acids is 2. The van der Waals surface area contributed by atoms with E-state index >= 15 is 0 Å². The van der Waals surface area contributed by atoms with Gasteiger partial charge in [0.15, 0.2) is 0 Å². The van der Waals surface area contributed by atoms with Gasteiger partial charge in [0.1, 0.15) is 5.56 Å². The molecule has 3 rings (SSSR count). The van der Waals surface area contributed by atoms with E-state index in [-0.39, 0.29) is 28.7 Å². The van der Waals surface area contributed by atoms with Gasteiger partial charge in [-0.3, -0.25) is 14.4 Å². The van der Waals surface area contributed by atoms with Crippen molar-refractivity contribution in [2.75, 3.05) is 13.1 Å². The maximum absolute atomic E-state index is 12.5. The van der Waals surface area contributed by atoms with Crippen LogP contribution in [0.25, 0.3) is 10.9 Å². The number of pyridine rings is 1. The van der Waals surface area contributed by atoms with Gasteiger partial charge in [-0.1, -0.05) is 12.1 Å². The van der Waals surface area contributed by atoms with E-state index in [0.29, 0.717) is 36.8 Å². The second kappa shape index (κ2) is 5.63. The molecule has 0 atom stereocenters. The van der Waals surface area contributed by atoms with Crippen LogP contribution in [0.1, 0.15) is 23.2 Å². The van der Waals surface area contributed by atoms with E-state index in [1.807, 2.05) is 6.07 Å². The van der Waals surface area contributed by atoms with Crippen molar-refractivity contribution in [3.8, 4) is 0 Å². The highest BCUT2D eigenvalue weighted by Crippen LogP contribution is 2.18. The Labute approximate surface area is 126 Å². The molecule has 0 aliphatic carbocycles. The minimum absolute atomic E-state index is 0.135. The molecule has 2 amide bonds. The summed E-state index contributed by atoms with van der Waals surface area (Å²) in [7, 11) is 0. The Morgan fingerprint density at radius 3 is 2.55 bits per heavy atom. The maximum atomic E-state index is 12.5. The Kier molecular flexibility index (Phi) is 3.66. The van der Waals surface area contributed by atoms with Gasteiger partial charge in [0.2, 0.25) is 11.3 Å². The van der Waals surface area contributed by atoms with E-state index in [1.54, 1.807) is 23.1 Å². The molecule has 0 unspecified atom stereocenters. The summed E-state index contributed by atoms with van der Waals surface area (Å²) in [6.45, 7) is 0.886. The minimum atomic E-state index is -0.323. The summed E-state index contributed by atoms with van der Waals surface area (Å²) in [6, 6.07) is 7.09. The smallest absolute Gasteiger partial charge is 0.259 e. The van der Waals surface area contributed by atoms with Crippen molar-refractivity contribution >= 4 is 22.7 Å². The number of aromatic nitrogens is 1. The molecule has 1 aromatic carbocycles. The number of hydrogen-bond donors (Lipinski definition) is 2. The van der Waals surface area contributed by atoms with Gasteiger partial charge in [-0.25, -0.2) is 0 Å². The first-order chi connectivity index (χ1) is 10.6. The van der Waals surface area contributed by atoms with Gasteiger partial charge < -0.3 is 15.6 Å². The number of H-pyrrole nitrogens is 1. The van der Waals surface area contributed by atoms with Crippen LogP contribution in [0.15, 0.2) is 35.3 Å².